The number of halogens is 1. The molecule has 1 aliphatic rings. The molecule has 0 radical (unpaired) electrons. The van der Waals surface area contributed by atoms with Gasteiger partial charge in [0.15, 0.2) is 6.29 Å². The van der Waals surface area contributed by atoms with Crippen molar-refractivity contribution in [3.63, 3.8) is 0 Å². The van der Waals surface area contributed by atoms with E-state index in [4.69, 9.17) is 11.6 Å². The Morgan fingerprint density at radius 3 is 2.52 bits per heavy atom. The highest BCUT2D eigenvalue weighted by molar-refractivity contribution is 7.89. The molecule has 1 N–H and O–H groups in total. The first-order chi connectivity index (χ1) is 11.8. The molecule has 1 unspecified atom stereocenters. The molecule has 0 fully saturated rings. The maximum atomic E-state index is 12.6. The van der Waals surface area contributed by atoms with Gasteiger partial charge in [-0.2, -0.15) is 0 Å². The van der Waals surface area contributed by atoms with Crippen molar-refractivity contribution in [2.45, 2.75) is 44.0 Å². The lowest BCUT2D eigenvalue weighted by Gasteiger charge is -2.27. The van der Waals surface area contributed by atoms with Crippen molar-refractivity contribution in [2.24, 2.45) is 0 Å². The fourth-order valence-electron chi connectivity index (χ4n) is 3.39. The molecule has 0 saturated heterocycles. The minimum absolute atomic E-state index is 0.185. The molecule has 3 rings (SSSR count). The SMILES string of the molecule is Cc1cc2c(c(C=O)c1C)CCC(NS(=O)(=O)c1ccc(Cl)cc1)C2. The van der Waals surface area contributed by atoms with E-state index in [2.05, 4.69) is 10.8 Å². The zero-order chi connectivity index (χ0) is 18.2. The van der Waals surface area contributed by atoms with Gasteiger partial charge in [0.2, 0.25) is 10.0 Å². The number of hydrogen-bond acceptors (Lipinski definition) is 3. The van der Waals surface area contributed by atoms with E-state index in [1.807, 2.05) is 13.8 Å². The van der Waals surface area contributed by atoms with Gasteiger partial charge in [0.25, 0.3) is 0 Å². The van der Waals surface area contributed by atoms with Gasteiger partial charge < -0.3 is 0 Å². The number of aldehydes is 1. The quantitative estimate of drug-likeness (QED) is 0.828. The third kappa shape index (κ3) is 3.64. The number of carbonyl (C=O) groups excluding carboxylic acids is 1. The molecular formula is C19H20ClNO3S. The molecular weight excluding hydrogens is 358 g/mol. The Kier molecular flexibility index (Phi) is 5.00. The molecule has 0 amide bonds. The Labute approximate surface area is 153 Å². The third-order valence-corrected chi connectivity index (χ3v) is 6.66. The van der Waals surface area contributed by atoms with Gasteiger partial charge in [0.05, 0.1) is 4.90 Å². The average molecular weight is 378 g/mol. The van der Waals surface area contributed by atoms with Gasteiger partial charge in [-0.15, -0.1) is 0 Å². The number of hydrogen-bond donors (Lipinski definition) is 1. The van der Waals surface area contributed by atoms with E-state index in [9.17, 15) is 13.2 Å². The summed E-state index contributed by atoms with van der Waals surface area (Å²) in [5, 5.41) is 0.498. The summed E-state index contributed by atoms with van der Waals surface area (Å²) in [4.78, 5) is 11.7. The summed E-state index contributed by atoms with van der Waals surface area (Å²) in [5.74, 6) is 0. The van der Waals surface area contributed by atoms with Crippen LogP contribution in [0, 0.1) is 13.8 Å². The van der Waals surface area contributed by atoms with Crippen LogP contribution in [0.25, 0.3) is 0 Å². The first kappa shape index (κ1) is 18.1. The normalized spacial score (nSPS) is 17.2. The van der Waals surface area contributed by atoms with Gasteiger partial charge in [0, 0.05) is 16.6 Å². The molecule has 0 bridgehead atoms. The summed E-state index contributed by atoms with van der Waals surface area (Å²) in [6.07, 6.45) is 2.87. The van der Waals surface area contributed by atoms with Crippen LogP contribution in [-0.4, -0.2) is 20.7 Å². The van der Waals surface area contributed by atoms with E-state index < -0.39 is 10.0 Å². The molecule has 1 atom stereocenters. The van der Waals surface area contributed by atoms with E-state index in [-0.39, 0.29) is 10.9 Å². The van der Waals surface area contributed by atoms with E-state index in [1.54, 1.807) is 12.1 Å². The molecule has 0 saturated carbocycles. The first-order valence-corrected chi connectivity index (χ1v) is 10.0. The largest absolute Gasteiger partial charge is 0.298 e. The van der Waals surface area contributed by atoms with Crippen molar-refractivity contribution in [3.05, 3.63) is 63.2 Å². The first-order valence-electron chi connectivity index (χ1n) is 8.17. The molecule has 2 aromatic carbocycles. The molecule has 132 valence electrons. The van der Waals surface area contributed by atoms with Gasteiger partial charge in [-0.1, -0.05) is 17.7 Å². The molecule has 2 aromatic rings. The number of carbonyl (C=O) groups is 1. The van der Waals surface area contributed by atoms with Crippen LogP contribution in [0.2, 0.25) is 5.02 Å². The van der Waals surface area contributed by atoms with E-state index in [0.29, 0.717) is 24.3 Å². The zero-order valence-electron chi connectivity index (χ0n) is 14.2. The minimum atomic E-state index is -3.59. The van der Waals surface area contributed by atoms with Gasteiger partial charge in [-0.05, 0) is 79.6 Å². The summed E-state index contributed by atoms with van der Waals surface area (Å²) in [5.41, 5.74) is 4.94. The second kappa shape index (κ2) is 6.90. The Morgan fingerprint density at radius 1 is 1.20 bits per heavy atom. The summed E-state index contributed by atoms with van der Waals surface area (Å²) in [6, 6.07) is 8.01. The minimum Gasteiger partial charge on any atom is -0.298 e. The predicted molar refractivity (Wildman–Crippen MR) is 98.9 cm³/mol. The molecule has 1 aliphatic carbocycles. The van der Waals surface area contributed by atoms with Crippen molar-refractivity contribution < 1.29 is 13.2 Å². The molecule has 0 aromatic heterocycles. The van der Waals surface area contributed by atoms with Gasteiger partial charge in [-0.25, -0.2) is 13.1 Å². The maximum absolute atomic E-state index is 12.6. The Hall–Kier alpha value is -1.69. The Balaban J connectivity index is 1.85. The molecule has 0 aliphatic heterocycles. The Bertz CT molecular complexity index is 921. The Morgan fingerprint density at radius 2 is 1.88 bits per heavy atom. The van der Waals surface area contributed by atoms with Crippen molar-refractivity contribution in [1.29, 1.82) is 0 Å². The summed E-state index contributed by atoms with van der Waals surface area (Å²) < 4.78 is 27.9. The standard InChI is InChI=1S/C19H20ClNO3S/c1-12-9-14-10-16(5-8-18(14)19(11-22)13(12)2)21-25(23,24)17-6-3-15(20)4-7-17/h3-4,6-7,9,11,16,21H,5,8,10H2,1-2H3. The fourth-order valence-corrected chi connectivity index (χ4v) is 4.79. The predicted octanol–water partition coefficient (Wildman–Crippen LogP) is 3.61. The summed E-state index contributed by atoms with van der Waals surface area (Å²) in [6.45, 7) is 3.93. The van der Waals surface area contributed by atoms with Crippen molar-refractivity contribution in [1.82, 2.24) is 4.72 Å². The zero-order valence-corrected chi connectivity index (χ0v) is 15.7. The van der Waals surface area contributed by atoms with Gasteiger partial charge in [-0.3, -0.25) is 4.79 Å². The summed E-state index contributed by atoms with van der Waals surface area (Å²) in [7, 11) is -3.59. The van der Waals surface area contributed by atoms with Gasteiger partial charge >= 0.3 is 0 Å². The van der Waals surface area contributed by atoms with Crippen LogP contribution in [-0.2, 0) is 22.9 Å². The second-order valence-corrected chi connectivity index (χ2v) is 8.65. The highest BCUT2D eigenvalue weighted by Crippen LogP contribution is 2.29. The number of benzene rings is 2. The highest BCUT2D eigenvalue weighted by Gasteiger charge is 2.26. The monoisotopic (exact) mass is 377 g/mol. The number of sulfonamides is 1. The van der Waals surface area contributed by atoms with Crippen LogP contribution >= 0.6 is 11.6 Å². The summed E-state index contributed by atoms with van der Waals surface area (Å²) >= 11 is 5.82. The molecule has 0 spiro atoms. The average Bonchev–Trinajstić information content (AvgIpc) is 2.56. The lowest BCUT2D eigenvalue weighted by Crippen LogP contribution is -2.39. The lowest BCUT2D eigenvalue weighted by atomic mass is 9.83. The fraction of sp³-hybridized carbons (Fsp3) is 0.316. The van der Waals surface area contributed by atoms with Crippen LogP contribution in [0.15, 0.2) is 35.2 Å². The molecule has 0 heterocycles. The lowest BCUT2D eigenvalue weighted by molar-refractivity contribution is 0.112. The third-order valence-electron chi connectivity index (χ3n) is 4.87. The van der Waals surface area contributed by atoms with E-state index in [0.717, 1.165) is 34.1 Å². The number of nitrogens with one attached hydrogen (secondary N) is 1. The van der Waals surface area contributed by atoms with Gasteiger partial charge in [0.1, 0.15) is 0 Å². The number of rotatable bonds is 4. The smallest absolute Gasteiger partial charge is 0.240 e. The van der Waals surface area contributed by atoms with Crippen LogP contribution < -0.4 is 4.72 Å². The molecule has 6 heteroatoms. The number of fused-ring (bicyclic) bond motifs is 1. The number of aryl methyl sites for hydroxylation is 1. The molecule has 25 heavy (non-hydrogen) atoms. The van der Waals surface area contributed by atoms with Crippen LogP contribution in [0.4, 0.5) is 0 Å². The van der Waals surface area contributed by atoms with Crippen LogP contribution in [0.1, 0.15) is 39.0 Å². The highest BCUT2D eigenvalue weighted by atomic mass is 35.5. The van der Waals surface area contributed by atoms with Crippen molar-refractivity contribution >= 4 is 27.9 Å². The van der Waals surface area contributed by atoms with Crippen LogP contribution in [0.5, 0.6) is 0 Å². The van der Waals surface area contributed by atoms with E-state index >= 15 is 0 Å². The van der Waals surface area contributed by atoms with Crippen molar-refractivity contribution in [3.8, 4) is 0 Å². The topological polar surface area (TPSA) is 63.2 Å². The van der Waals surface area contributed by atoms with Crippen molar-refractivity contribution in [2.75, 3.05) is 0 Å². The second-order valence-electron chi connectivity index (χ2n) is 6.50. The maximum Gasteiger partial charge on any atom is 0.240 e. The van der Waals surface area contributed by atoms with Crippen LogP contribution in [0.3, 0.4) is 0 Å². The molecule has 4 nitrogen and oxygen atoms in total. The van der Waals surface area contributed by atoms with E-state index in [1.165, 1.54) is 12.1 Å².